The van der Waals surface area contributed by atoms with Gasteiger partial charge in [-0.1, -0.05) is 60.7 Å². The number of carbonyl (C=O) groups is 2. The lowest BCUT2D eigenvalue weighted by Gasteiger charge is -2.34. The van der Waals surface area contributed by atoms with Crippen LogP contribution >= 0.6 is 0 Å². The number of para-hydroxylation sites is 1. The van der Waals surface area contributed by atoms with E-state index in [0.29, 0.717) is 29.9 Å². The molecular weight excluding hydrogens is 450 g/mol. The zero-order valence-electron chi connectivity index (χ0n) is 20.4. The molecule has 0 spiro atoms. The lowest BCUT2D eigenvalue weighted by atomic mass is 9.71. The van der Waals surface area contributed by atoms with Crippen molar-refractivity contribution in [3.05, 3.63) is 107 Å². The molecular formula is C31H29NO4. The van der Waals surface area contributed by atoms with Crippen molar-refractivity contribution in [1.29, 1.82) is 0 Å². The molecule has 182 valence electrons. The minimum absolute atomic E-state index is 0.0639. The van der Waals surface area contributed by atoms with Crippen LogP contribution in [0.5, 0.6) is 11.5 Å². The minimum atomic E-state index is -0.659. The minimum Gasteiger partial charge on any atom is -0.465 e. The molecule has 5 rings (SSSR count). The fraction of sp³-hybridized carbons (Fsp3) is 0.258. The van der Waals surface area contributed by atoms with Crippen molar-refractivity contribution in [1.82, 2.24) is 0 Å². The van der Waals surface area contributed by atoms with Crippen LogP contribution in [0.4, 0.5) is 0 Å². The Balaban J connectivity index is 1.45. The second-order valence-electron chi connectivity index (χ2n) is 9.24. The van der Waals surface area contributed by atoms with E-state index in [9.17, 15) is 9.59 Å². The lowest BCUT2D eigenvalue weighted by molar-refractivity contribution is -0.146. The smallest absolute Gasteiger partial charge is 0.315 e. The zero-order chi connectivity index (χ0) is 24.9. The van der Waals surface area contributed by atoms with Gasteiger partial charge in [-0.25, -0.2) is 0 Å². The summed E-state index contributed by atoms with van der Waals surface area (Å²) in [6.07, 6.45) is 2.63. The van der Waals surface area contributed by atoms with Crippen LogP contribution in [0.25, 0.3) is 0 Å². The van der Waals surface area contributed by atoms with Crippen molar-refractivity contribution in [2.75, 3.05) is 6.61 Å². The third kappa shape index (κ3) is 5.15. The molecule has 1 heterocycles. The van der Waals surface area contributed by atoms with Gasteiger partial charge in [-0.3, -0.25) is 14.6 Å². The van der Waals surface area contributed by atoms with Crippen molar-refractivity contribution >= 4 is 17.5 Å². The maximum absolute atomic E-state index is 13.5. The highest BCUT2D eigenvalue weighted by atomic mass is 16.5. The van der Waals surface area contributed by atoms with E-state index in [1.807, 2.05) is 91.9 Å². The molecule has 5 heteroatoms. The predicted molar refractivity (Wildman–Crippen MR) is 139 cm³/mol. The largest absolute Gasteiger partial charge is 0.465 e. The van der Waals surface area contributed by atoms with Crippen LogP contribution in [0.2, 0.25) is 0 Å². The number of nitrogens with zero attached hydrogens (tertiary/aromatic N) is 1. The number of carbonyl (C=O) groups excluding carboxylic acids is 2. The molecule has 0 radical (unpaired) electrons. The van der Waals surface area contributed by atoms with Crippen LogP contribution < -0.4 is 4.74 Å². The Kier molecular flexibility index (Phi) is 7.08. The van der Waals surface area contributed by atoms with Crippen LogP contribution in [-0.4, -0.2) is 24.1 Å². The highest BCUT2D eigenvalue weighted by Gasteiger charge is 2.43. The highest BCUT2D eigenvalue weighted by Crippen LogP contribution is 2.44. The summed E-state index contributed by atoms with van der Waals surface area (Å²) in [7, 11) is 0. The summed E-state index contributed by atoms with van der Waals surface area (Å²) in [5.74, 6) is -0.0186. The van der Waals surface area contributed by atoms with E-state index in [4.69, 9.17) is 14.5 Å². The molecule has 0 bridgehead atoms. The normalized spacial score (nSPS) is 19.4. The van der Waals surface area contributed by atoms with Gasteiger partial charge < -0.3 is 9.47 Å². The number of aliphatic imine (C=N–C) groups is 1. The number of ketones is 1. The summed E-state index contributed by atoms with van der Waals surface area (Å²) in [6, 6.07) is 27.1. The van der Waals surface area contributed by atoms with E-state index in [-0.39, 0.29) is 18.4 Å². The third-order valence-corrected chi connectivity index (χ3v) is 6.76. The van der Waals surface area contributed by atoms with Crippen molar-refractivity contribution in [3.63, 3.8) is 0 Å². The van der Waals surface area contributed by atoms with Gasteiger partial charge in [0.25, 0.3) is 0 Å². The third-order valence-electron chi connectivity index (χ3n) is 6.76. The summed E-state index contributed by atoms with van der Waals surface area (Å²) in [5.41, 5.74) is 4.09. The Morgan fingerprint density at radius 2 is 1.64 bits per heavy atom. The maximum atomic E-state index is 13.5. The van der Waals surface area contributed by atoms with Crippen LogP contribution in [0.1, 0.15) is 43.2 Å². The molecule has 0 N–H and O–H groups in total. The molecule has 36 heavy (non-hydrogen) atoms. The number of Topliss-reactive ketones (excluding diaryl/α,β-unsaturated/α-hetero) is 1. The average molecular weight is 480 g/mol. The van der Waals surface area contributed by atoms with Gasteiger partial charge in [0.1, 0.15) is 17.4 Å². The Labute approximate surface area is 211 Å². The quantitative estimate of drug-likeness (QED) is 0.366. The van der Waals surface area contributed by atoms with Crippen LogP contribution in [0.15, 0.2) is 101 Å². The molecule has 0 saturated carbocycles. The lowest BCUT2D eigenvalue weighted by Crippen LogP contribution is -2.37. The number of ether oxygens (including phenoxy) is 2. The first-order valence-electron chi connectivity index (χ1n) is 12.4. The van der Waals surface area contributed by atoms with Crippen LogP contribution in [0, 0.1) is 5.92 Å². The Morgan fingerprint density at radius 1 is 0.917 bits per heavy atom. The molecule has 1 aliphatic heterocycles. The monoisotopic (exact) mass is 479 g/mol. The SMILES string of the molecule is CC1=NC2=C(C(=O)CCC2)[C@@H](c2cccc(Oc3ccccc3)c2)C1C(=O)OCCc1ccccc1. The summed E-state index contributed by atoms with van der Waals surface area (Å²) in [6.45, 7) is 2.14. The first-order chi connectivity index (χ1) is 17.6. The Bertz CT molecular complexity index is 1310. The van der Waals surface area contributed by atoms with E-state index in [1.165, 1.54) is 0 Å². The van der Waals surface area contributed by atoms with E-state index in [1.54, 1.807) is 0 Å². The van der Waals surface area contributed by atoms with Gasteiger partial charge in [-0.2, -0.15) is 0 Å². The number of rotatable bonds is 7. The van der Waals surface area contributed by atoms with E-state index in [0.717, 1.165) is 35.4 Å². The molecule has 1 unspecified atom stereocenters. The average Bonchev–Trinajstić information content (AvgIpc) is 2.89. The van der Waals surface area contributed by atoms with Gasteiger partial charge in [0.05, 0.1) is 6.61 Å². The van der Waals surface area contributed by atoms with E-state index < -0.39 is 11.8 Å². The number of esters is 1. The van der Waals surface area contributed by atoms with Gasteiger partial charge in [-0.05, 0) is 55.2 Å². The molecule has 0 saturated heterocycles. The predicted octanol–water partition coefficient (Wildman–Crippen LogP) is 6.45. The Morgan fingerprint density at radius 3 is 2.42 bits per heavy atom. The molecule has 0 fully saturated rings. The second kappa shape index (κ2) is 10.7. The van der Waals surface area contributed by atoms with Crippen LogP contribution in [0.3, 0.4) is 0 Å². The van der Waals surface area contributed by atoms with Gasteiger partial charge in [0.15, 0.2) is 5.78 Å². The van der Waals surface area contributed by atoms with Gasteiger partial charge in [0, 0.05) is 35.7 Å². The van der Waals surface area contributed by atoms with Crippen molar-refractivity contribution in [2.24, 2.45) is 10.9 Å². The second-order valence-corrected chi connectivity index (χ2v) is 9.24. The fourth-order valence-corrected chi connectivity index (χ4v) is 5.07. The number of allylic oxidation sites excluding steroid dienone is 2. The van der Waals surface area contributed by atoms with Crippen molar-refractivity contribution in [2.45, 2.75) is 38.5 Å². The fourth-order valence-electron chi connectivity index (χ4n) is 5.07. The zero-order valence-corrected chi connectivity index (χ0v) is 20.4. The maximum Gasteiger partial charge on any atom is 0.315 e. The number of hydrogen-bond acceptors (Lipinski definition) is 5. The first kappa shape index (κ1) is 23.7. The summed E-state index contributed by atoms with van der Waals surface area (Å²) in [4.78, 5) is 31.4. The molecule has 3 aromatic carbocycles. The van der Waals surface area contributed by atoms with E-state index in [2.05, 4.69) is 0 Å². The molecule has 3 aromatic rings. The molecule has 1 aliphatic carbocycles. The Hall–Kier alpha value is -3.99. The molecule has 2 aliphatic rings. The summed E-state index contributed by atoms with van der Waals surface area (Å²) >= 11 is 0. The molecule has 2 atom stereocenters. The van der Waals surface area contributed by atoms with Gasteiger partial charge >= 0.3 is 5.97 Å². The molecule has 0 aromatic heterocycles. The highest BCUT2D eigenvalue weighted by molar-refractivity contribution is 6.08. The summed E-state index contributed by atoms with van der Waals surface area (Å²) < 4.78 is 11.8. The summed E-state index contributed by atoms with van der Waals surface area (Å²) in [5, 5.41) is 0. The standard InChI is InChI=1S/C31H29NO4/c1-21-28(31(34)35-19-18-22-10-4-2-5-11-22)29(30-26(32-21)16-9-17-27(30)33)23-12-8-15-25(20-23)36-24-13-6-3-7-14-24/h2-8,10-15,20,28-29H,9,16-19H2,1H3/t28?,29-/m0/s1. The van der Waals surface area contributed by atoms with Crippen molar-refractivity contribution < 1.29 is 19.1 Å². The van der Waals surface area contributed by atoms with Crippen LogP contribution in [-0.2, 0) is 20.7 Å². The topological polar surface area (TPSA) is 65.0 Å². The molecule has 5 nitrogen and oxygen atoms in total. The number of benzene rings is 3. The van der Waals surface area contributed by atoms with E-state index >= 15 is 0 Å². The van der Waals surface area contributed by atoms with Gasteiger partial charge in [-0.15, -0.1) is 0 Å². The molecule has 0 amide bonds. The number of hydrogen-bond donors (Lipinski definition) is 0. The van der Waals surface area contributed by atoms with Crippen molar-refractivity contribution in [3.8, 4) is 11.5 Å². The van der Waals surface area contributed by atoms with Gasteiger partial charge in [0.2, 0.25) is 0 Å². The first-order valence-corrected chi connectivity index (χ1v) is 12.4.